The molecule has 0 bridgehead atoms. The molecular weight excluding hydrogens is 246 g/mol. The van der Waals surface area contributed by atoms with Gasteiger partial charge in [-0.2, -0.15) is 0 Å². The Kier molecular flexibility index (Phi) is 4.43. The van der Waals surface area contributed by atoms with Gasteiger partial charge in [0, 0.05) is 25.4 Å². The van der Waals surface area contributed by atoms with E-state index in [9.17, 15) is 0 Å². The van der Waals surface area contributed by atoms with E-state index < -0.39 is 0 Å². The lowest BCUT2D eigenvalue weighted by atomic mass is 10.1. The first-order valence-electron chi connectivity index (χ1n) is 6.28. The van der Waals surface area contributed by atoms with Crippen molar-refractivity contribution in [3.63, 3.8) is 0 Å². The summed E-state index contributed by atoms with van der Waals surface area (Å²) in [5, 5.41) is 7.52. The van der Waals surface area contributed by atoms with Crippen LogP contribution in [0, 0.1) is 0 Å². The average molecular weight is 265 g/mol. The van der Waals surface area contributed by atoms with Crippen molar-refractivity contribution in [3.8, 4) is 0 Å². The lowest BCUT2D eigenvalue weighted by Crippen LogP contribution is -2.21. The molecule has 2 aromatic heterocycles. The minimum Gasteiger partial charge on any atom is -0.335 e. The van der Waals surface area contributed by atoms with Crippen molar-refractivity contribution in [1.29, 1.82) is 0 Å². The highest BCUT2D eigenvalue weighted by molar-refractivity contribution is 7.05. The fourth-order valence-electron chi connectivity index (χ4n) is 2.05. The molecule has 98 valence electrons. The molecule has 0 amide bonds. The van der Waals surface area contributed by atoms with Crippen molar-refractivity contribution in [2.24, 2.45) is 0 Å². The Balaban J connectivity index is 2.20. The molecule has 0 aliphatic heterocycles. The summed E-state index contributed by atoms with van der Waals surface area (Å²) in [6.07, 6.45) is 5.67. The first-order chi connectivity index (χ1) is 8.80. The van der Waals surface area contributed by atoms with Crippen molar-refractivity contribution in [2.45, 2.75) is 39.3 Å². The zero-order chi connectivity index (χ0) is 13.0. The molecule has 1 N–H and O–H groups in total. The SMILES string of the molecule is CCc1nnsc1C(Cc1nccn1CC)NC. The van der Waals surface area contributed by atoms with E-state index in [4.69, 9.17) is 0 Å². The Bertz CT molecular complexity index is 490. The second-order valence-electron chi connectivity index (χ2n) is 4.11. The minimum absolute atomic E-state index is 0.243. The van der Waals surface area contributed by atoms with E-state index in [0.29, 0.717) is 0 Å². The van der Waals surface area contributed by atoms with Gasteiger partial charge in [-0.05, 0) is 31.9 Å². The number of hydrogen-bond acceptors (Lipinski definition) is 5. The van der Waals surface area contributed by atoms with Gasteiger partial charge >= 0.3 is 0 Å². The molecule has 5 nitrogen and oxygen atoms in total. The highest BCUT2D eigenvalue weighted by Crippen LogP contribution is 2.23. The van der Waals surface area contributed by atoms with Gasteiger partial charge in [0.2, 0.25) is 0 Å². The van der Waals surface area contributed by atoms with Crippen molar-refractivity contribution in [2.75, 3.05) is 7.05 Å². The third kappa shape index (κ3) is 2.59. The van der Waals surface area contributed by atoms with Crippen LogP contribution in [0.2, 0.25) is 0 Å². The fourth-order valence-corrected chi connectivity index (χ4v) is 2.90. The van der Waals surface area contributed by atoms with Crippen molar-refractivity contribution < 1.29 is 0 Å². The summed E-state index contributed by atoms with van der Waals surface area (Å²) in [5.74, 6) is 1.10. The molecule has 2 heterocycles. The zero-order valence-electron chi connectivity index (χ0n) is 11.1. The molecule has 0 aliphatic carbocycles. The maximum absolute atomic E-state index is 4.43. The lowest BCUT2D eigenvalue weighted by Gasteiger charge is -2.15. The molecule has 6 heteroatoms. The molecule has 1 unspecified atom stereocenters. The molecule has 0 aromatic carbocycles. The third-order valence-electron chi connectivity index (χ3n) is 3.11. The van der Waals surface area contributed by atoms with E-state index in [1.54, 1.807) is 0 Å². The van der Waals surface area contributed by atoms with Crippen LogP contribution >= 0.6 is 11.5 Å². The zero-order valence-corrected chi connectivity index (χ0v) is 11.9. The maximum Gasteiger partial charge on any atom is 0.110 e. The predicted molar refractivity (Wildman–Crippen MR) is 72.7 cm³/mol. The van der Waals surface area contributed by atoms with Crippen LogP contribution in [-0.4, -0.2) is 26.2 Å². The van der Waals surface area contributed by atoms with E-state index in [1.807, 2.05) is 19.4 Å². The summed E-state index contributed by atoms with van der Waals surface area (Å²) in [6.45, 7) is 5.19. The summed E-state index contributed by atoms with van der Waals surface area (Å²) >= 11 is 1.48. The molecule has 0 spiro atoms. The maximum atomic E-state index is 4.43. The van der Waals surface area contributed by atoms with E-state index in [1.165, 1.54) is 16.4 Å². The van der Waals surface area contributed by atoms with Crippen molar-refractivity contribution >= 4 is 11.5 Å². The number of rotatable bonds is 6. The molecule has 18 heavy (non-hydrogen) atoms. The van der Waals surface area contributed by atoms with Crippen molar-refractivity contribution in [3.05, 3.63) is 28.8 Å². The molecule has 2 rings (SSSR count). The summed E-state index contributed by atoms with van der Waals surface area (Å²) in [5.41, 5.74) is 1.09. The number of nitrogens with zero attached hydrogens (tertiary/aromatic N) is 4. The van der Waals surface area contributed by atoms with Gasteiger partial charge in [0.25, 0.3) is 0 Å². The number of imidazole rings is 1. The van der Waals surface area contributed by atoms with Crippen LogP contribution in [0.15, 0.2) is 12.4 Å². The summed E-state index contributed by atoms with van der Waals surface area (Å²) in [7, 11) is 1.98. The second-order valence-corrected chi connectivity index (χ2v) is 4.90. The van der Waals surface area contributed by atoms with Gasteiger partial charge in [0.05, 0.1) is 16.6 Å². The van der Waals surface area contributed by atoms with E-state index in [0.717, 1.165) is 30.9 Å². The number of aromatic nitrogens is 4. The van der Waals surface area contributed by atoms with Crippen LogP contribution < -0.4 is 5.32 Å². The minimum atomic E-state index is 0.243. The molecular formula is C12H19N5S. The molecule has 2 aromatic rings. The van der Waals surface area contributed by atoms with Gasteiger partial charge in [0.15, 0.2) is 0 Å². The Labute approximate surface area is 111 Å². The number of nitrogens with one attached hydrogen (secondary N) is 1. The first-order valence-corrected chi connectivity index (χ1v) is 7.05. The molecule has 0 fully saturated rings. The van der Waals surface area contributed by atoms with Crippen LogP contribution in [-0.2, 0) is 19.4 Å². The van der Waals surface area contributed by atoms with Crippen LogP contribution in [0.25, 0.3) is 0 Å². The van der Waals surface area contributed by atoms with Crippen LogP contribution in [0.4, 0.5) is 0 Å². The molecule has 0 saturated carbocycles. The molecule has 0 aliphatic rings. The molecule has 0 saturated heterocycles. The number of aryl methyl sites for hydroxylation is 2. The van der Waals surface area contributed by atoms with Crippen LogP contribution in [0.1, 0.15) is 36.3 Å². The predicted octanol–water partition coefficient (Wildman–Crippen LogP) is 1.82. The summed E-state index contributed by atoms with van der Waals surface area (Å²) < 4.78 is 6.23. The van der Waals surface area contributed by atoms with Crippen LogP contribution in [0.5, 0.6) is 0 Å². The topological polar surface area (TPSA) is 55.6 Å². The lowest BCUT2D eigenvalue weighted by molar-refractivity contribution is 0.556. The monoisotopic (exact) mass is 265 g/mol. The summed E-state index contributed by atoms with van der Waals surface area (Å²) in [4.78, 5) is 5.65. The third-order valence-corrected chi connectivity index (χ3v) is 3.99. The Hall–Kier alpha value is -1.27. The Morgan fingerprint density at radius 3 is 2.94 bits per heavy atom. The largest absolute Gasteiger partial charge is 0.335 e. The first kappa shape index (κ1) is 13.2. The highest BCUT2D eigenvalue weighted by atomic mass is 32.1. The summed E-state index contributed by atoms with van der Waals surface area (Å²) in [6, 6.07) is 0.243. The van der Waals surface area contributed by atoms with Gasteiger partial charge < -0.3 is 9.88 Å². The van der Waals surface area contributed by atoms with Gasteiger partial charge in [-0.1, -0.05) is 11.4 Å². The number of hydrogen-bond donors (Lipinski definition) is 1. The van der Waals surface area contributed by atoms with Crippen molar-refractivity contribution in [1.82, 2.24) is 24.5 Å². The highest BCUT2D eigenvalue weighted by Gasteiger charge is 2.19. The standard InChI is InChI=1S/C12H19N5S/c1-4-9-12(18-16-15-9)10(13-3)8-11-14-6-7-17(11)5-2/h6-7,10,13H,4-5,8H2,1-3H3. The van der Waals surface area contributed by atoms with Gasteiger partial charge in [-0.15, -0.1) is 5.10 Å². The van der Waals surface area contributed by atoms with E-state index in [-0.39, 0.29) is 6.04 Å². The fraction of sp³-hybridized carbons (Fsp3) is 0.583. The quantitative estimate of drug-likeness (QED) is 0.865. The van der Waals surface area contributed by atoms with E-state index in [2.05, 4.69) is 38.3 Å². The van der Waals surface area contributed by atoms with Gasteiger partial charge in [-0.25, -0.2) is 4.98 Å². The van der Waals surface area contributed by atoms with Gasteiger partial charge in [0.1, 0.15) is 5.82 Å². The molecule has 1 atom stereocenters. The van der Waals surface area contributed by atoms with Crippen LogP contribution in [0.3, 0.4) is 0 Å². The normalized spacial score (nSPS) is 12.8. The smallest absolute Gasteiger partial charge is 0.110 e. The molecule has 0 radical (unpaired) electrons. The Morgan fingerprint density at radius 1 is 1.44 bits per heavy atom. The van der Waals surface area contributed by atoms with Gasteiger partial charge in [-0.3, -0.25) is 0 Å². The second kappa shape index (κ2) is 6.06. The number of likely N-dealkylation sites (N-methyl/N-ethyl adjacent to an activating group) is 1. The van der Waals surface area contributed by atoms with E-state index >= 15 is 0 Å². The average Bonchev–Trinajstić information content (AvgIpc) is 3.03. The Morgan fingerprint density at radius 2 is 2.28 bits per heavy atom.